The van der Waals surface area contributed by atoms with Gasteiger partial charge in [0.2, 0.25) is 27.7 Å². The van der Waals surface area contributed by atoms with Crippen LogP contribution in [-0.2, 0) is 29.1 Å². The zero-order valence-electron chi connectivity index (χ0n) is 37.8. The van der Waals surface area contributed by atoms with Crippen LogP contribution >= 0.6 is 0 Å². The quantitative estimate of drug-likeness (QED) is 0.246. The molecule has 0 spiro atoms. The van der Waals surface area contributed by atoms with Crippen molar-refractivity contribution in [3.63, 3.8) is 0 Å². The number of para-hydroxylation sites is 1. The fourth-order valence-electron chi connectivity index (χ4n) is 9.89. The Morgan fingerprint density at radius 3 is 2.60 bits per heavy atom. The number of likely N-dealkylation sites (N-methyl/N-ethyl adjacent to an activating group) is 1. The number of nitrogens with zero attached hydrogens (tertiary/aromatic N) is 4. The molecule has 5 heterocycles. The van der Waals surface area contributed by atoms with Crippen LogP contribution in [0, 0.1) is 11.8 Å². The Balaban J connectivity index is 1.04. The van der Waals surface area contributed by atoms with Crippen molar-refractivity contribution >= 4 is 50.8 Å². The normalized spacial score (nSPS) is 31.5. The molecule has 1 unspecified atom stereocenters. The Morgan fingerprint density at radius 2 is 1.78 bits per heavy atom. The molecule has 7 atom stereocenters. The van der Waals surface area contributed by atoms with E-state index in [4.69, 9.17) is 19.2 Å². The topological polar surface area (TPSA) is 189 Å². The summed E-state index contributed by atoms with van der Waals surface area (Å²) < 4.78 is 47.3. The Bertz CT molecular complexity index is 2310. The number of aromatic nitrogens is 1. The summed E-state index contributed by atoms with van der Waals surface area (Å²) in [6.45, 7) is 7.13. The van der Waals surface area contributed by atoms with Crippen molar-refractivity contribution in [3.05, 3.63) is 48.1 Å². The van der Waals surface area contributed by atoms with Gasteiger partial charge in [0.05, 0.1) is 29.0 Å². The number of rotatable bonds is 8. The van der Waals surface area contributed by atoms with Gasteiger partial charge in [0.1, 0.15) is 35.6 Å². The summed E-state index contributed by atoms with van der Waals surface area (Å²) in [7, 11) is -1.86. The van der Waals surface area contributed by atoms with E-state index >= 15 is 0 Å². The molecule has 16 nitrogen and oxygen atoms in total. The van der Waals surface area contributed by atoms with E-state index in [-0.39, 0.29) is 31.4 Å². The van der Waals surface area contributed by atoms with E-state index in [0.717, 1.165) is 83.1 Å². The van der Waals surface area contributed by atoms with E-state index in [9.17, 15) is 27.6 Å². The molecule has 2 saturated heterocycles. The molecule has 3 saturated carbocycles. The Hall–Kier alpha value is -4.74. The molecule has 2 aromatic rings. The number of carbonyl (C=O) groups is 4. The van der Waals surface area contributed by atoms with Crippen LogP contribution in [-0.4, -0.2) is 139 Å². The highest BCUT2D eigenvalue weighted by Crippen LogP contribution is 2.48. The lowest BCUT2D eigenvalue weighted by Gasteiger charge is -2.32. The molecule has 3 bridgehead atoms. The molecule has 0 radical (unpaired) electrons. The molecule has 1 aromatic heterocycles. The van der Waals surface area contributed by atoms with E-state index < -0.39 is 68.2 Å². The Labute approximate surface area is 382 Å². The summed E-state index contributed by atoms with van der Waals surface area (Å²) >= 11 is 0. The van der Waals surface area contributed by atoms with Crippen LogP contribution in [0.5, 0.6) is 11.6 Å². The smallest absolute Gasteiger partial charge is 0.408 e. The Morgan fingerprint density at radius 1 is 0.985 bits per heavy atom. The molecule has 17 heteroatoms. The van der Waals surface area contributed by atoms with Gasteiger partial charge in [-0.1, -0.05) is 43.2 Å². The zero-order valence-corrected chi connectivity index (χ0v) is 38.6. The number of fused-ring (bicyclic) bond motifs is 6. The van der Waals surface area contributed by atoms with Crippen LogP contribution in [0.1, 0.15) is 102 Å². The highest BCUT2D eigenvalue weighted by molar-refractivity contribution is 7.91. The molecule has 65 heavy (non-hydrogen) atoms. The lowest BCUT2D eigenvalue weighted by molar-refractivity contribution is -0.141. The van der Waals surface area contributed by atoms with Crippen molar-refractivity contribution < 1.29 is 41.8 Å². The third kappa shape index (κ3) is 10.2. The van der Waals surface area contributed by atoms with Gasteiger partial charge in [0.25, 0.3) is 5.91 Å². The molecule has 7 aliphatic rings. The Kier molecular flexibility index (Phi) is 13.2. The van der Waals surface area contributed by atoms with Crippen molar-refractivity contribution in [1.29, 1.82) is 0 Å². The van der Waals surface area contributed by atoms with E-state index in [1.807, 2.05) is 42.5 Å². The first-order chi connectivity index (χ1) is 31.3. The number of pyridine rings is 1. The first-order valence-electron chi connectivity index (χ1n) is 24.0. The van der Waals surface area contributed by atoms with Gasteiger partial charge in [-0.25, -0.2) is 18.2 Å². The summed E-state index contributed by atoms with van der Waals surface area (Å²) in [5.74, 6) is -1.08. The number of sulfonamides is 1. The third-order valence-corrected chi connectivity index (χ3v) is 16.9. The molecular weight excluding hydrogens is 851 g/mol. The minimum Gasteiger partial charge on any atom is -0.492 e. The number of alkyl carbamates (subject to hydrolysis) is 1. The number of ether oxygens (including phenoxy) is 3. The van der Waals surface area contributed by atoms with Gasteiger partial charge < -0.3 is 39.5 Å². The summed E-state index contributed by atoms with van der Waals surface area (Å²) in [6.07, 6.45) is 14.9. The number of amides is 4. The van der Waals surface area contributed by atoms with E-state index in [1.54, 1.807) is 6.92 Å². The second-order valence-electron chi connectivity index (χ2n) is 19.7. The second-order valence-corrected chi connectivity index (χ2v) is 21.9. The number of benzene rings is 1. The van der Waals surface area contributed by atoms with Crippen LogP contribution in [0.2, 0.25) is 0 Å². The maximum absolute atomic E-state index is 14.9. The first-order valence-corrected chi connectivity index (χ1v) is 25.4. The molecule has 5 fully saturated rings. The van der Waals surface area contributed by atoms with E-state index in [1.165, 1.54) is 4.90 Å². The fraction of sp³-hybridized carbons (Fsp3) is 0.646. The first kappa shape index (κ1) is 45.4. The average Bonchev–Trinajstić information content (AvgIpc) is 4.24. The number of hydrogen-bond acceptors (Lipinski definition) is 12. The van der Waals surface area contributed by atoms with Crippen LogP contribution in [0.15, 0.2) is 42.5 Å². The highest BCUT2D eigenvalue weighted by Gasteiger charge is 2.63. The zero-order chi connectivity index (χ0) is 45.3. The minimum absolute atomic E-state index is 0.0109. The van der Waals surface area contributed by atoms with Crippen molar-refractivity contribution in [3.8, 4) is 11.6 Å². The third-order valence-electron chi connectivity index (χ3n) is 14.7. The molecule has 3 N–H and O–H groups in total. The number of hydrogen-bond donors (Lipinski definition) is 3. The average molecular weight is 916 g/mol. The van der Waals surface area contributed by atoms with Gasteiger partial charge in [-0.15, -0.1) is 0 Å². The van der Waals surface area contributed by atoms with Crippen LogP contribution < -0.4 is 24.8 Å². The van der Waals surface area contributed by atoms with Crippen LogP contribution in [0.3, 0.4) is 0 Å². The maximum atomic E-state index is 14.9. The van der Waals surface area contributed by atoms with Crippen molar-refractivity contribution in [2.75, 3.05) is 52.9 Å². The molecule has 4 aliphatic heterocycles. The highest BCUT2D eigenvalue weighted by atomic mass is 32.2. The fourth-order valence-corrected chi connectivity index (χ4v) is 11.2. The van der Waals surface area contributed by atoms with Gasteiger partial charge >= 0.3 is 6.09 Å². The molecule has 4 amide bonds. The van der Waals surface area contributed by atoms with Crippen LogP contribution in [0.4, 0.5) is 4.79 Å². The molecule has 352 valence electrons. The van der Waals surface area contributed by atoms with Crippen molar-refractivity contribution in [2.45, 2.75) is 131 Å². The number of piperazine rings is 1. The van der Waals surface area contributed by atoms with Crippen molar-refractivity contribution in [1.82, 2.24) is 35.0 Å². The molecular formula is C48H65N7O9S. The largest absolute Gasteiger partial charge is 0.492 e. The number of carbonyl (C=O) groups excluding carboxylic acids is 4. The molecule has 1 aromatic carbocycles. The predicted molar refractivity (Wildman–Crippen MR) is 244 cm³/mol. The SMILES string of the molecule is CN1CCN(CCCOc2c3c(nc4ccccc24)O[C@H]2CC4C(=O)N[C@]5(C(=O)NS(=O)(=O)C6(C)CC6)C[C@H]5/C=C/CCCCC[C@H](NC(=O)O[C@@H]5C[C@H]5CCCC=C3)C(=O)N4C2)CC1. The summed E-state index contributed by atoms with van der Waals surface area (Å²) in [5.41, 5.74) is -0.171. The van der Waals surface area contributed by atoms with Gasteiger partial charge in [-0.3, -0.25) is 19.1 Å². The number of nitrogens with one attached hydrogen (secondary N) is 3. The van der Waals surface area contributed by atoms with Crippen molar-refractivity contribution in [2.24, 2.45) is 11.8 Å². The maximum Gasteiger partial charge on any atom is 0.408 e. The summed E-state index contributed by atoms with van der Waals surface area (Å²) in [4.78, 5) is 68.4. The predicted octanol–water partition coefficient (Wildman–Crippen LogP) is 4.67. The lowest BCUT2D eigenvalue weighted by atomic mass is 10.0. The second kappa shape index (κ2) is 18.9. The lowest BCUT2D eigenvalue weighted by Crippen LogP contribution is -2.58. The minimum atomic E-state index is -4.01. The summed E-state index contributed by atoms with van der Waals surface area (Å²) in [5, 5.41) is 6.67. The standard InChI is InChI=1S/C48H65N7O9S/c1-47(20-21-47)65(60,61)52-45(58)48-30-33(48)15-8-4-3-5-10-19-38-44(57)55-31-34(29-39(55)42(56)51-48)63-43-36(17-9-6-7-14-32-28-40(32)64-46(59)50-38)41(35-16-11-12-18-37(35)49-43)62-27-13-22-54-25-23-53(2)24-26-54/h8-9,11-12,15-18,32-34,38-40H,3-7,10,13-14,19-31H2,1-2H3,(H,50,59)(H,51,56)(H,52,58)/b15-8+,17-9?/t32-,33-,34+,38+,39?,40-,48-/m1/s1. The monoisotopic (exact) mass is 915 g/mol. The molecule has 3 aliphatic carbocycles. The van der Waals surface area contributed by atoms with Gasteiger partial charge in [0.15, 0.2) is 0 Å². The molecule has 9 rings (SSSR count). The summed E-state index contributed by atoms with van der Waals surface area (Å²) in [6, 6.07) is 5.69. The number of allylic oxidation sites excluding steroid dienone is 2. The van der Waals surface area contributed by atoms with Crippen LogP contribution in [0.25, 0.3) is 17.0 Å². The van der Waals surface area contributed by atoms with E-state index in [0.29, 0.717) is 61.4 Å². The van der Waals surface area contributed by atoms with Gasteiger partial charge in [-0.2, -0.15) is 0 Å². The van der Waals surface area contributed by atoms with Gasteiger partial charge in [0, 0.05) is 50.4 Å². The van der Waals surface area contributed by atoms with Gasteiger partial charge in [-0.05, 0) is 109 Å². The van der Waals surface area contributed by atoms with E-state index in [2.05, 4.69) is 38.3 Å².